The average molecular weight is 497 g/mol. The molecule has 19 unspecified atom stereocenters. The Balaban J connectivity index is 0.953. The highest BCUT2D eigenvalue weighted by molar-refractivity contribution is 7.81. The SMILES string of the molecule is CC1C(C)C2(C(C)C3C(C45CC4C4C6C(CC45)C4C#CC5C(C(CS)CS)CC5C46)C32)C1S. The summed E-state index contributed by atoms with van der Waals surface area (Å²) >= 11 is 14.5. The summed E-state index contributed by atoms with van der Waals surface area (Å²) in [5.74, 6) is 25.8. The molecule has 9 aliphatic rings. The van der Waals surface area contributed by atoms with Crippen LogP contribution in [0.1, 0.15) is 40.0 Å². The van der Waals surface area contributed by atoms with Crippen molar-refractivity contribution in [3.8, 4) is 11.8 Å². The van der Waals surface area contributed by atoms with Gasteiger partial charge in [-0.3, -0.25) is 0 Å². The second kappa shape index (κ2) is 6.01. The van der Waals surface area contributed by atoms with Gasteiger partial charge in [-0.05, 0) is 130 Å². The molecule has 0 radical (unpaired) electrons. The summed E-state index contributed by atoms with van der Waals surface area (Å²) in [6, 6.07) is 0. The molecule has 0 amide bonds. The quantitative estimate of drug-likeness (QED) is 0.311. The summed E-state index contributed by atoms with van der Waals surface area (Å²) in [5, 5.41) is 0.679. The van der Waals surface area contributed by atoms with Crippen LogP contribution in [-0.2, 0) is 0 Å². The largest absolute Gasteiger partial charge is 0.179 e. The maximum absolute atomic E-state index is 5.20. The van der Waals surface area contributed by atoms with Gasteiger partial charge >= 0.3 is 0 Å². The van der Waals surface area contributed by atoms with Gasteiger partial charge in [0.2, 0.25) is 0 Å². The first kappa shape index (κ1) is 20.6. The predicted octanol–water partition coefficient (Wildman–Crippen LogP) is 5.95. The first-order valence-electron chi connectivity index (χ1n) is 14.3. The van der Waals surface area contributed by atoms with E-state index in [0.29, 0.717) is 22.5 Å². The highest BCUT2D eigenvalue weighted by Gasteiger charge is 2.93. The van der Waals surface area contributed by atoms with Crippen molar-refractivity contribution >= 4 is 37.9 Å². The van der Waals surface area contributed by atoms with Crippen LogP contribution < -0.4 is 0 Å². The van der Waals surface area contributed by atoms with Gasteiger partial charge in [-0.2, -0.15) is 37.9 Å². The summed E-state index contributed by atoms with van der Waals surface area (Å²) in [6.07, 6.45) is 4.62. The summed E-state index contributed by atoms with van der Waals surface area (Å²) in [7, 11) is 0. The van der Waals surface area contributed by atoms with E-state index in [1.165, 1.54) is 6.42 Å². The van der Waals surface area contributed by atoms with E-state index in [9.17, 15) is 0 Å². The standard InChI is InChI=1S/C30H40S3/c1-11-12(2)30(28(11)33)13(3)22-26(27(22)30)29-8-21(29)25-20(29)7-19-16-5-4-15-17(14(9-31)10-32)6-18(15)23(16)24(19)25/h11-28,31-33H,6-10H2,1-3H3. The molecule has 19 atom stereocenters. The third-order valence-electron chi connectivity index (χ3n) is 15.2. The van der Waals surface area contributed by atoms with Crippen molar-refractivity contribution < 1.29 is 0 Å². The molecule has 0 N–H and O–H groups in total. The zero-order valence-electron chi connectivity index (χ0n) is 20.3. The molecule has 0 heterocycles. The van der Waals surface area contributed by atoms with Gasteiger partial charge in [-0.15, -0.1) is 0 Å². The Morgan fingerprint density at radius 2 is 1.55 bits per heavy atom. The summed E-state index contributed by atoms with van der Waals surface area (Å²) in [5.41, 5.74) is 1.43. The average Bonchev–Trinajstić information content (AvgIpc) is 3.64. The van der Waals surface area contributed by atoms with Crippen molar-refractivity contribution in [3.63, 3.8) is 0 Å². The minimum atomic E-state index is 0.618. The van der Waals surface area contributed by atoms with Crippen molar-refractivity contribution in [1.29, 1.82) is 0 Å². The lowest BCUT2D eigenvalue weighted by Crippen LogP contribution is -2.65. The van der Waals surface area contributed by atoms with E-state index in [1.807, 2.05) is 0 Å². The van der Waals surface area contributed by atoms with Gasteiger partial charge in [0.25, 0.3) is 0 Å². The second-order valence-electron chi connectivity index (χ2n) is 14.7. The van der Waals surface area contributed by atoms with Crippen LogP contribution in [0.3, 0.4) is 0 Å². The topological polar surface area (TPSA) is 0 Å². The first-order valence-corrected chi connectivity index (χ1v) is 16.1. The molecule has 3 heteroatoms. The Bertz CT molecular complexity index is 996. The number of fused-ring (bicyclic) bond motifs is 13. The lowest BCUT2D eigenvalue weighted by atomic mass is 9.41. The molecule has 9 rings (SSSR count). The first-order chi connectivity index (χ1) is 15.9. The number of hydrogen-bond donors (Lipinski definition) is 3. The lowest BCUT2D eigenvalue weighted by molar-refractivity contribution is -0.139. The summed E-state index contributed by atoms with van der Waals surface area (Å²) < 4.78 is 0. The molecule has 0 aromatic rings. The van der Waals surface area contributed by atoms with Gasteiger partial charge in [0.1, 0.15) is 0 Å². The van der Waals surface area contributed by atoms with Crippen molar-refractivity contribution in [2.45, 2.75) is 45.3 Å². The normalized spacial score (nSPS) is 72.0. The van der Waals surface area contributed by atoms with Crippen LogP contribution in [0.15, 0.2) is 0 Å². The molecule has 33 heavy (non-hydrogen) atoms. The van der Waals surface area contributed by atoms with Gasteiger partial charge in [-0.1, -0.05) is 32.6 Å². The molecule has 0 saturated heterocycles. The van der Waals surface area contributed by atoms with Gasteiger partial charge in [0.05, 0.1) is 0 Å². The smallest absolute Gasteiger partial charge is 0.0268 e. The van der Waals surface area contributed by atoms with Gasteiger partial charge in [-0.25, -0.2) is 0 Å². The van der Waals surface area contributed by atoms with E-state index in [0.717, 1.165) is 106 Å². The third kappa shape index (κ3) is 1.85. The number of hydrogen-bond acceptors (Lipinski definition) is 3. The fourth-order valence-corrected chi connectivity index (χ4v) is 15.7. The van der Waals surface area contributed by atoms with Gasteiger partial charge in [0, 0.05) is 17.1 Å². The Kier molecular flexibility index (Phi) is 3.76. The molecule has 1 spiro atoms. The van der Waals surface area contributed by atoms with Crippen LogP contribution in [0.25, 0.3) is 0 Å². The van der Waals surface area contributed by atoms with Crippen LogP contribution in [-0.4, -0.2) is 16.8 Å². The van der Waals surface area contributed by atoms with E-state index >= 15 is 0 Å². The second-order valence-corrected chi connectivity index (χ2v) is 16.0. The van der Waals surface area contributed by atoms with Crippen LogP contribution in [0.2, 0.25) is 0 Å². The maximum Gasteiger partial charge on any atom is 0.0268 e. The van der Waals surface area contributed by atoms with E-state index in [-0.39, 0.29) is 0 Å². The fourth-order valence-electron chi connectivity index (χ4n) is 13.8. The summed E-state index contributed by atoms with van der Waals surface area (Å²) in [6.45, 7) is 7.65. The van der Waals surface area contributed by atoms with Crippen molar-refractivity contribution in [2.24, 2.45) is 111 Å². The molecular weight excluding hydrogens is 457 g/mol. The van der Waals surface area contributed by atoms with E-state index < -0.39 is 0 Å². The number of thiol groups is 3. The van der Waals surface area contributed by atoms with Gasteiger partial charge in [0.15, 0.2) is 0 Å². The van der Waals surface area contributed by atoms with E-state index in [1.54, 1.807) is 12.8 Å². The van der Waals surface area contributed by atoms with Crippen LogP contribution >= 0.6 is 37.9 Å². The van der Waals surface area contributed by atoms with E-state index in [2.05, 4.69) is 57.9 Å². The Morgan fingerprint density at radius 1 is 0.818 bits per heavy atom. The molecule has 0 aliphatic heterocycles. The van der Waals surface area contributed by atoms with Crippen molar-refractivity contribution in [1.82, 2.24) is 0 Å². The monoisotopic (exact) mass is 496 g/mol. The maximum atomic E-state index is 5.20. The zero-order valence-corrected chi connectivity index (χ0v) is 23.0. The Morgan fingerprint density at radius 3 is 2.27 bits per heavy atom. The molecule has 8 fully saturated rings. The summed E-state index contributed by atoms with van der Waals surface area (Å²) in [4.78, 5) is 0. The molecule has 0 bridgehead atoms. The van der Waals surface area contributed by atoms with Crippen LogP contribution in [0, 0.1) is 123 Å². The predicted molar refractivity (Wildman–Crippen MR) is 143 cm³/mol. The molecule has 9 aliphatic carbocycles. The zero-order chi connectivity index (χ0) is 22.3. The molecule has 178 valence electrons. The minimum Gasteiger partial charge on any atom is -0.179 e. The number of rotatable bonds is 4. The molecule has 0 aromatic carbocycles. The van der Waals surface area contributed by atoms with Crippen LogP contribution in [0.5, 0.6) is 0 Å². The fraction of sp³-hybridized carbons (Fsp3) is 0.933. The van der Waals surface area contributed by atoms with Crippen molar-refractivity contribution in [3.05, 3.63) is 0 Å². The lowest BCUT2D eigenvalue weighted by Gasteiger charge is -2.67. The third-order valence-corrected chi connectivity index (χ3v) is 17.0. The highest BCUT2D eigenvalue weighted by atomic mass is 32.1. The molecule has 8 saturated carbocycles. The van der Waals surface area contributed by atoms with Crippen molar-refractivity contribution in [2.75, 3.05) is 11.5 Å². The van der Waals surface area contributed by atoms with E-state index in [4.69, 9.17) is 12.6 Å². The Labute approximate surface area is 217 Å². The molecule has 0 aromatic heterocycles. The van der Waals surface area contributed by atoms with Crippen LogP contribution in [0.4, 0.5) is 0 Å². The molecular formula is C30H40S3. The highest BCUT2D eigenvalue weighted by Crippen LogP contribution is 2.96. The van der Waals surface area contributed by atoms with Gasteiger partial charge < -0.3 is 0 Å². The Hall–Kier alpha value is 0.610. The minimum absolute atomic E-state index is 0.618. The molecule has 0 nitrogen and oxygen atoms in total.